The lowest BCUT2D eigenvalue weighted by Gasteiger charge is -2.20. The van der Waals surface area contributed by atoms with Crippen LogP contribution in [-0.2, 0) is 10.0 Å². The van der Waals surface area contributed by atoms with Crippen LogP contribution in [0.1, 0.15) is 23.2 Å². The first kappa shape index (κ1) is 18.4. The zero-order valence-corrected chi connectivity index (χ0v) is 15.7. The van der Waals surface area contributed by atoms with Gasteiger partial charge in [0, 0.05) is 25.8 Å². The number of carbonyl (C=O) groups is 1. The van der Waals surface area contributed by atoms with Gasteiger partial charge >= 0.3 is 0 Å². The first-order valence-electron chi connectivity index (χ1n) is 8.46. The number of anilines is 1. The van der Waals surface area contributed by atoms with E-state index in [1.165, 1.54) is 34.5 Å². The van der Waals surface area contributed by atoms with Gasteiger partial charge in [-0.2, -0.15) is 4.31 Å². The summed E-state index contributed by atoms with van der Waals surface area (Å²) < 4.78 is 32.4. The van der Waals surface area contributed by atoms with E-state index in [9.17, 15) is 13.2 Å². The standard InChI is InChI=1S/C19H22N2O4S/c1-20(15-8-4-3-5-9-15)19(22)17-14-16(10-11-18(17)25-2)26(23,24)21-12-6-7-13-21/h3-5,8-11,14H,6-7,12-13H2,1-2H3. The van der Waals surface area contributed by atoms with Gasteiger partial charge in [0.1, 0.15) is 5.75 Å². The highest BCUT2D eigenvalue weighted by molar-refractivity contribution is 7.89. The monoisotopic (exact) mass is 374 g/mol. The maximum absolute atomic E-state index is 13.0. The second-order valence-electron chi connectivity index (χ2n) is 6.17. The Morgan fingerprint density at radius 3 is 2.35 bits per heavy atom. The molecule has 0 bridgehead atoms. The predicted octanol–water partition coefficient (Wildman–Crippen LogP) is 2.76. The zero-order chi connectivity index (χ0) is 18.7. The number of ether oxygens (including phenoxy) is 1. The molecule has 0 N–H and O–H groups in total. The molecule has 26 heavy (non-hydrogen) atoms. The lowest BCUT2D eigenvalue weighted by Crippen LogP contribution is -2.29. The van der Waals surface area contributed by atoms with Gasteiger partial charge in [0.05, 0.1) is 17.6 Å². The molecule has 6 nitrogen and oxygen atoms in total. The molecular weight excluding hydrogens is 352 g/mol. The average molecular weight is 374 g/mol. The van der Waals surface area contributed by atoms with Crippen molar-refractivity contribution in [1.82, 2.24) is 4.31 Å². The second kappa shape index (κ2) is 7.47. The lowest BCUT2D eigenvalue weighted by molar-refractivity contribution is 0.0990. The van der Waals surface area contributed by atoms with Crippen molar-refractivity contribution in [3.63, 3.8) is 0 Å². The highest BCUT2D eigenvalue weighted by atomic mass is 32.2. The summed E-state index contributed by atoms with van der Waals surface area (Å²) in [6.07, 6.45) is 1.72. The van der Waals surface area contributed by atoms with Gasteiger partial charge in [0.25, 0.3) is 5.91 Å². The molecule has 0 atom stereocenters. The smallest absolute Gasteiger partial charge is 0.261 e. The third kappa shape index (κ3) is 3.45. The van der Waals surface area contributed by atoms with Crippen LogP contribution in [0.3, 0.4) is 0 Å². The van der Waals surface area contributed by atoms with Crippen molar-refractivity contribution in [2.75, 3.05) is 32.1 Å². The Hall–Kier alpha value is -2.38. The summed E-state index contributed by atoms with van der Waals surface area (Å²) in [6.45, 7) is 1.03. The van der Waals surface area contributed by atoms with E-state index in [0.29, 0.717) is 24.5 Å². The van der Waals surface area contributed by atoms with Crippen molar-refractivity contribution in [3.05, 3.63) is 54.1 Å². The van der Waals surface area contributed by atoms with E-state index in [1.54, 1.807) is 7.05 Å². The van der Waals surface area contributed by atoms with Crippen LogP contribution in [-0.4, -0.2) is 45.9 Å². The van der Waals surface area contributed by atoms with Crippen LogP contribution >= 0.6 is 0 Å². The molecule has 1 saturated heterocycles. The van der Waals surface area contributed by atoms with Gasteiger partial charge in [0.15, 0.2) is 0 Å². The fourth-order valence-electron chi connectivity index (χ4n) is 3.04. The molecular formula is C19H22N2O4S. The van der Waals surface area contributed by atoms with E-state index in [2.05, 4.69) is 0 Å². The van der Waals surface area contributed by atoms with Gasteiger partial charge in [-0.1, -0.05) is 18.2 Å². The number of nitrogens with zero attached hydrogens (tertiary/aromatic N) is 2. The number of hydrogen-bond donors (Lipinski definition) is 0. The Morgan fingerprint density at radius 1 is 1.08 bits per heavy atom. The Kier molecular flexibility index (Phi) is 5.29. The van der Waals surface area contributed by atoms with Crippen LogP contribution in [0.2, 0.25) is 0 Å². The fraction of sp³-hybridized carbons (Fsp3) is 0.316. The number of hydrogen-bond acceptors (Lipinski definition) is 4. The fourth-order valence-corrected chi connectivity index (χ4v) is 4.59. The van der Waals surface area contributed by atoms with E-state index >= 15 is 0 Å². The highest BCUT2D eigenvalue weighted by Crippen LogP contribution is 2.28. The summed E-state index contributed by atoms with van der Waals surface area (Å²) in [5.41, 5.74) is 0.937. The molecule has 0 spiro atoms. The van der Waals surface area contributed by atoms with E-state index in [4.69, 9.17) is 4.74 Å². The summed E-state index contributed by atoms with van der Waals surface area (Å²) >= 11 is 0. The first-order valence-corrected chi connectivity index (χ1v) is 9.90. The minimum Gasteiger partial charge on any atom is -0.496 e. The molecule has 1 aliphatic rings. The Bertz CT molecular complexity index is 891. The van der Waals surface area contributed by atoms with Crippen molar-refractivity contribution in [3.8, 4) is 5.75 Å². The van der Waals surface area contributed by atoms with Crippen LogP contribution in [0, 0.1) is 0 Å². The predicted molar refractivity (Wildman–Crippen MR) is 100 cm³/mol. The number of para-hydroxylation sites is 1. The van der Waals surface area contributed by atoms with E-state index in [0.717, 1.165) is 12.8 Å². The van der Waals surface area contributed by atoms with Crippen molar-refractivity contribution in [1.29, 1.82) is 0 Å². The largest absolute Gasteiger partial charge is 0.496 e. The lowest BCUT2D eigenvalue weighted by atomic mass is 10.1. The zero-order valence-electron chi connectivity index (χ0n) is 14.9. The minimum absolute atomic E-state index is 0.116. The molecule has 2 aromatic rings. The van der Waals surface area contributed by atoms with Gasteiger partial charge in [-0.25, -0.2) is 8.42 Å². The SMILES string of the molecule is COc1ccc(S(=O)(=O)N2CCCC2)cc1C(=O)N(C)c1ccccc1. The van der Waals surface area contributed by atoms with Gasteiger partial charge in [-0.15, -0.1) is 0 Å². The molecule has 0 unspecified atom stereocenters. The molecule has 0 aromatic heterocycles. The number of carbonyl (C=O) groups excluding carboxylic acids is 1. The third-order valence-electron chi connectivity index (χ3n) is 4.55. The average Bonchev–Trinajstić information content (AvgIpc) is 3.22. The van der Waals surface area contributed by atoms with Gasteiger partial charge in [-0.05, 0) is 43.2 Å². The molecule has 1 amide bonds. The number of amides is 1. The molecule has 7 heteroatoms. The van der Waals surface area contributed by atoms with Crippen molar-refractivity contribution >= 4 is 21.6 Å². The summed E-state index contributed by atoms with van der Waals surface area (Å²) in [4.78, 5) is 14.6. The Morgan fingerprint density at radius 2 is 1.73 bits per heavy atom. The molecule has 3 rings (SSSR count). The van der Waals surface area contributed by atoms with E-state index in [-0.39, 0.29) is 16.4 Å². The van der Waals surface area contributed by atoms with Gasteiger partial charge in [-0.3, -0.25) is 4.79 Å². The maximum atomic E-state index is 13.0. The molecule has 0 aliphatic carbocycles. The van der Waals surface area contributed by atoms with Crippen LogP contribution in [0.15, 0.2) is 53.4 Å². The second-order valence-corrected chi connectivity index (χ2v) is 8.11. The first-order chi connectivity index (χ1) is 12.4. The van der Waals surface area contributed by atoms with Crippen molar-refractivity contribution in [2.24, 2.45) is 0 Å². The number of rotatable bonds is 5. The van der Waals surface area contributed by atoms with Crippen molar-refractivity contribution in [2.45, 2.75) is 17.7 Å². The molecule has 2 aromatic carbocycles. The minimum atomic E-state index is -3.60. The molecule has 1 fully saturated rings. The Balaban J connectivity index is 1.99. The molecule has 0 radical (unpaired) electrons. The number of sulfonamides is 1. The van der Waals surface area contributed by atoms with Crippen LogP contribution in [0.4, 0.5) is 5.69 Å². The van der Waals surface area contributed by atoms with Gasteiger partial charge in [0.2, 0.25) is 10.0 Å². The quantitative estimate of drug-likeness (QED) is 0.807. The highest BCUT2D eigenvalue weighted by Gasteiger charge is 2.29. The van der Waals surface area contributed by atoms with E-state index < -0.39 is 10.0 Å². The maximum Gasteiger partial charge on any atom is 0.261 e. The van der Waals surface area contributed by atoms with Crippen LogP contribution < -0.4 is 9.64 Å². The van der Waals surface area contributed by atoms with Crippen molar-refractivity contribution < 1.29 is 17.9 Å². The van der Waals surface area contributed by atoms with E-state index in [1.807, 2.05) is 30.3 Å². The summed E-state index contributed by atoms with van der Waals surface area (Å²) in [7, 11) is -0.490. The summed E-state index contributed by atoms with van der Waals surface area (Å²) in [5, 5.41) is 0. The molecule has 138 valence electrons. The molecule has 1 heterocycles. The number of methoxy groups -OCH3 is 1. The normalized spacial score (nSPS) is 15.0. The van der Waals surface area contributed by atoms with Crippen LogP contribution in [0.5, 0.6) is 5.75 Å². The topological polar surface area (TPSA) is 66.9 Å². The Labute approximate surface area is 154 Å². The van der Waals surface area contributed by atoms with Gasteiger partial charge < -0.3 is 9.64 Å². The molecule has 0 saturated carbocycles. The third-order valence-corrected chi connectivity index (χ3v) is 6.45. The molecule has 1 aliphatic heterocycles. The number of benzene rings is 2. The summed E-state index contributed by atoms with van der Waals surface area (Å²) in [6, 6.07) is 13.6. The summed E-state index contributed by atoms with van der Waals surface area (Å²) in [5.74, 6) is 0.0182. The van der Waals surface area contributed by atoms with Crippen LogP contribution in [0.25, 0.3) is 0 Å².